The number of fused-ring (bicyclic) bond motifs is 1. The van der Waals surface area contributed by atoms with Crippen molar-refractivity contribution < 1.29 is 14.6 Å². The number of nitrogens with zero attached hydrogens (tertiary/aromatic N) is 3. The molecule has 7 nitrogen and oxygen atoms in total. The number of ether oxygens (including phenoxy) is 1. The molecule has 1 amide bonds. The van der Waals surface area contributed by atoms with Crippen LogP contribution in [0.3, 0.4) is 0 Å². The molecule has 2 aliphatic rings. The van der Waals surface area contributed by atoms with Crippen molar-refractivity contribution >= 4 is 5.91 Å². The van der Waals surface area contributed by atoms with Crippen molar-refractivity contribution in [1.82, 2.24) is 20.2 Å². The molecule has 0 bridgehead atoms. The van der Waals surface area contributed by atoms with E-state index in [1.54, 1.807) is 7.11 Å². The van der Waals surface area contributed by atoms with Gasteiger partial charge in [-0.2, -0.15) is 0 Å². The second-order valence-corrected chi connectivity index (χ2v) is 12.1. The molecular formula is C30H44N4O3. The molecule has 2 aromatic rings. The van der Waals surface area contributed by atoms with Gasteiger partial charge in [-0.25, -0.2) is 0 Å². The molecule has 0 aliphatic heterocycles. The first kappa shape index (κ1) is 27.7. The molecule has 2 N–H and O–H groups in total. The first-order valence-electron chi connectivity index (χ1n) is 13.7. The normalized spacial score (nSPS) is 28.7. The third kappa shape index (κ3) is 6.57. The van der Waals surface area contributed by atoms with E-state index in [1.807, 2.05) is 43.6 Å². The van der Waals surface area contributed by atoms with Crippen LogP contribution in [0.1, 0.15) is 70.7 Å². The Morgan fingerprint density at radius 1 is 1.05 bits per heavy atom. The molecule has 2 aromatic heterocycles. The summed E-state index contributed by atoms with van der Waals surface area (Å²) in [4.78, 5) is 24.7. The minimum absolute atomic E-state index is 0.0358. The molecule has 0 saturated heterocycles. The number of aliphatic hydroxyl groups is 1. The molecule has 2 heterocycles. The Labute approximate surface area is 222 Å². The fourth-order valence-electron chi connectivity index (χ4n) is 7.08. The van der Waals surface area contributed by atoms with Crippen molar-refractivity contribution in [2.45, 2.75) is 84.0 Å². The minimum atomic E-state index is -0.673. The number of rotatable bonds is 11. The summed E-state index contributed by atoms with van der Waals surface area (Å²) < 4.78 is 5.11. The molecule has 0 aromatic carbocycles. The van der Waals surface area contributed by atoms with E-state index in [2.05, 4.69) is 46.2 Å². The summed E-state index contributed by atoms with van der Waals surface area (Å²) in [6.45, 7) is 9.18. The van der Waals surface area contributed by atoms with E-state index in [4.69, 9.17) is 4.74 Å². The number of nitrogens with one attached hydrogen (secondary N) is 1. The topological polar surface area (TPSA) is 87.6 Å². The van der Waals surface area contributed by atoms with Crippen LogP contribution in [0.15, 0.2) is 48.8 Å². The van der Waals surface area contributed by atoms with E-state index >= 15 is 0 Å². The van der Waals surface area contributed by atoms with Crippen LogP contribution in [0.5, 0.6) is 0 Å². The lowest BCUT2D eigenvalue weighted by Gasteiger charge is -2.52. The largest absolute Gasteiger partial charge is 0.390 e. The van der Waals surface area contributed by atoms with Crippen molar-refractivity contribution in [2.24, 2.45) is 16.7 Å². The van der Waals surface area contributed by atoms with E-state index in [9.17, 15) is 9.90 Å². The molecule has 4 atom stereocenters. The van der Waals surface area contributed by atoms with Crippen molar-refractivity contribution in [3.8, 4) is 0 Å². The van der Waals surface area contributed by atoms with Crippen LogP contribution in [-0.2, 0) is 22.6 Å². The van der Waals surface area contributed by atoms with Crippen molar-refractivity contribution in [3.63, 3.8) is 0 Å². The standard InChI is InChI=1S/C30H44N4O3/c1-28(2)20-26(34(21-23-9-5-7-15-31-23)22-24-10-6-8-16-32-24)30(12-11-27(35)33-17-18-37-4)14-13-29(3,36)19-25(28)30/h5-10,15-16,25-26,36H,11-14,17-22H2,1-4H3,(H,33,35). The lowest BCUT2D eigenvalue weighted by atomic mass is 9.56. The zero-order valence-electron chi connectivity index (χ0n) is 22.9. The Morgan fingerprint density at radius 2 is 1.70 bits per heavy atom. The van der Waals surface area contributed by atoms with Crippen LogP contribution in [0, 0.1) is 16.7 Å². The molecule has 0 spiro atoms. The fourth-order valence-corrected chi connectivity index (χ4v) is 7.08. The van der Waals surface area contributed by atoms with E-state index < -0.39 is 5.60 Å². The highest BCUT2D eigenvalue weighted by atomic mass is 16.5. The van der Waals surface area contributed by atoms with Crippen LogP contribution in [0.25, 0.3) is 0 Å². The summed E-state index contributed by atoms with van der Waals surface area (Å²) in [6.07, 6.45) is 8.44. The second-order valence-electron chi connectivity index (χ2n) is 12.1. The first-order chi connectivity index (χ1) is 17.7. The highest BCUT2D eigenvalue weighted by Gasteiger charge is 2.62. The van der Waals surface area contributed by atoms with Gasteiger partial charge in [-0.15, -0.1) is 0 Å². The van der Waals surface area contributed by atoms with Crippen molar-refractivity contribution in [2.75, 3.05) is 20.3 Å². The number of pyridine rings is 2. The quantitative estimate of drug-likeness (QED) is 0.439. The molecule has 4 unspecified atom stereocenters. The molecule has 2 saturated carbocycles. The predicted molar refractivity (Wildman–Crippen MR) is 144 cm³/mol. The van der Waals surface area contributed by atoms with Gasteiger partial charge in [-0.3, -0.25) is 19.7 Å². The molecule has 37 heavy (non-hydrogen) atoms. The second kappa shape index (κ2) is 11.6. The van der Waals surface area contributed by atoms with Gasteiger partial charge in [0.25, 0.3) is 0 Å². The predicted octanol–water partition coefficient (Wildman–Crippen LogP) is 4.36. The van der Waals surface area contributed by atoms with E-state index in [-0.39, 0.29) is 22.8 Å². The number of hydrogen-bond donors (Lipinski definition) is 2. The number of hydrogen-bond acceptors (Lipinski definition) is 6. The summed E-state index contributed by atoms with van der Waals surface area (Å²) in [5.41, 5.74) is 1.36. The Morgan fingerprint density at radius 3 is 2.27 bits per heavy atom. The average Bonchev–Trinajstić information content (AvgIpc) is 3.10. The Balaban J connectivity index is 1.68. The summed E-state index contributed by atoms with van der Waals surface area (Å²) in [5, 5.41) is 14.2. The Hall–Kier alpha value is -2.35. The number of carbonyl (C=O) groups is 1. The van der Waals surface area contributed by atoms with Crippen LogP contribution < -0.4 is 5.32 Å². The molecular weight excluding hydrogens is 464 g/mol. The highest BCUT2D eigenvalue weighted by Crippen LogP contribution is 2.65. The summed E-state index contributed by atoms with van der Waals surface area (Å²) in [7, 11) is 1.65. The highest BCUT2D eigenvalue weighted by molar-refractivity contribution is 5.75. The molecule has 7 heteroatoms. The van der Waals surface area contributed by atoms with Crippen LogP contribution >= 0.6 is 0 Å². The van der Waals surface area contributed by atoms with Crippen LogP contribution in [-0.4, -0.2) is 57.8 Å². The maximum absolute atomic E-state index is 12.8. The van der Waals surface area contributed by atoms with Crippen molar-refractivity contribution in [1.29, 1.82) is 0 Å². The molecule has 0 radical (unpaired) electrons. The Bertz CT molecular complexity index is 973. The van der Waals surface area contributed by atoms with Gasteiger partial charge in [0.05, 0.1) is 23.6 Å². The third-order valence-corrected chi connectivity index (χ3v) is 8.86. The van der Waals surface area contributed by atoms with Gasteiger partial charge >= 0.3 is 0 Å². The zero-order chi connectivity index (χ0) is 26.5. The van der Waals surface area contributed by atoms with Gasteiger partial charge in [0.1, 0.15) is 0 Å². The lowest BCUT2D eigenvalue weighted by Crippen LogP contribution is -2.52. The van der Waals surface area contributed by atoms with Gasteiger partial charge in [-0.05, 0) is 80.0 Å². The van der Waals surface area contributed by atoms with Crippen molar-refractivity contribution in [3.05, 3.63) is 60.2 Å². The van der Waals surface area contributed by atoms with Crippen LogP contribution in [0.2, 0.25) is 0 Å². The average molecular weight is 509 g/mol. The summed E-state index contributed by atoms with van der Waals surface area (Å²) in [5.74, 6) is 0.391. The Kier molecular flexibility index (Phi) is 8.66. The van der Waals surface area contributed by atoms with E-state index in [0.717, 1.165) is 56.6 Å². The van der Waals surface area contributed by atoms with Crippen LogP contribution in [0.4, 0.5) is 0 Å². The SMILES string of the molecule is COCCNC(=O)CCC12CCC(C)(O)CC1C(C)(C)CC2N(Cc1ccccn1)Cc1ccccn1. The fraction of sp³-hybridized carbons (Fsp3) is 0.633. The molecule has 4 rings (SSSR count). The van der Waals surface area contributed by atoms with Gasteiger partial charge in [0.15, 0.2) is 0 Å². The lowest BCUT2D eigenvalue weighted by molar-refractivity contribution is -0.124. The smallest absolute Gasteiger partial charge is 0.220 e. The molecule has 2 aliphatic carbocycles. The van der Waals surface area contributed by atoms with Gasteiger partial charge in [0.2, 0.25) is 5.91 Å². The summed E-state index contributed by atoms with van der Waals surface area (Å²) in [6, 6.07) is 12.4. The van der Waals surface area contributed by atoms with Gasteiger partial charge in [-0.1, -0.05) is 26.0 Å². The first-order valence-corrected chi connectivity index (χ1v) is 13.7. The maximum Gasteiger partial charge on any atom is 0.220 e. The molecule has 202 valence electrons. The monoisotopic (exact) mass is 508 g/mol. The zero-order valence-corrected chi connectivity index (χ0v) is 22.9. The number of carbonyl (C=O) groups excluding carboxylic acids is 1. The van der Waals surface area contributed by atoms with E-state index in [1.165, 1.54) is 0 Å². The maximum atomic E-state index is 12.8. The van der Waals surface area contributed by atoms with E-state index in [0.29, 0.717) is 25.5 Å². The number of amides is 1. The number of methoxy groups -OCH3 is 1. The number of aromatic nitrogens is 2. The molecule has 2 fully saturated rings. The van der Waals surface area contributed by atoms with Gasteiger partial charge in [0, 0.05) is 51.6 Å². The third-order valence-electron chi connectivity index (χ3n) is 8.86. The van der Waals surface area contributed by atoms with Gasteiger partial charge < -0.3 is 15.2 Å². The summed E-state index contributed by atoms with van der Waals surface area (Å²) >= 11 is 0. The minimum Gasteiger partial charge on any atom is -0.390 e.